The van der Waals surface area contributed by atoms with Crippen molar-refractivity contribution in [3.63, 3.8) is 0 Å². The molecule has 4 aliphatic rings. The lowest BCUT2D eigenvalue weighted by atomic mass is 9.79. The fourth-order valence-corrected chi connectivity index (χ4v) is 5.39. The zero-order chi connectivity index (χ0) is 19.8. The van der Waals surface area contributed by atoms with E-state index < -0.39 is 0 Å². The zero-order valence-corrected chi connectivity index (χ0v) is 17.3. The Bertz CT molecular complexity index is 861. The Balaban J connectivity index is 1.30. The van der Waals surface area contributed by atoms with Gasteiger partial charge in [-0.15, -0.1) is 0 Å². The molecule has 6 rings (SSSR count). The van der Waals surface area contributed by atoms with Crippen LogP contribution in [0.2, 0.25) is 0 Å². The second kappa shape index (κ2) is 7.86. The van der Waals surface area contributed by atoms with Crippen molar-refractivity contribution in [2.45, 2.75) is 51.1 Å². The van der Waals surface area contributed by atoms with Gasteiger partial charge in [0.1, 0.15) is 5.76 Å². The topological polar surface area (TPSA) is 48.7 Å². The monoisotopic (exact) mass is 393 g/mol. The summed E-state index contributed by atoms with van der Waals surface area (Å²) in [6.45, 7) is 6.79. The summed E-state index contributed by atoms with van der Waals surface area (Å²) < 4.78 is 5.99. The molecule has 2 aromatic rings. The standard InChI is InChI=1S/C24H31N3O2/c1-17-23(18-10-14-26(17)15-11-18)25-24(28)22-9-8-21(29-22)19-6-5-7-20(16-19)27-12-3-2-4-13-27/h5-9,16-18,23H,2-4,10-15H2,1H3,(H,25,28)/t17-,23-/m0/s1. The van der Waals surface area contributed by atoms with Gasteiger partial charge in [0.05, 0.1) is 0 Å². The lowest BCUT2D eigenvalue weighted by molar-refractivity contribution is 0.0211. The minimum absolute atomic E-state index is 0.0889. The molecule has 4 fully saturated rings. The van der Waals surface area contributed by atoms with Crippen LogP contribution in [-0.4, -0.2) is 49.1 Å². The molecule has 2 atom stereocenters. The van der Waals surface area contributed by atoms with Gasteiger partial charge in [-0.2, -0.15) is 0 Å². The summed E-state index contributed by atoms with van der Waals surface area (Å²) in [5.74, 6) is 1.67. The molecule has 4 aliphatic heterocycles. The van der Waals surface area contributed by atoms with E-state index in [1.54, 1.807) is 0 Å². The number of fused-ring (bicyclic) bond motifs is 3. The largest absolute Gasteiger partial charge is 0.451 e. The Morgan fingerprint density at radius 2 is 1.83 bits per heavy atom. The number of amides is 1. The van der Waals surface area contributed by atoms with E-state index in [0.29, 0.717) is 17.7 Å². The average Bonchev–Trinajstić information content (AvgIpc) is 3.28. The summed E-state index contributed by atoms with van der Waals surface area (Å²) in [6, 6.07) is 12.8. The van der Waals surface area contributed by atoms with Crippen molar-refractivity contribution < 1.29 is 9.21 Å². The summed E-state index contributed by atoms with van der Waals surface area (Å²) in [7, 11) is 0. The molecule has 2 bridgehead atoms. The number of hydrogen-bond acceptors (Lipinski definition) is 4. The third-order valence-corrected chi connectivity index (χ3v) is 7.16. The van der Waals surface area contributed by atoms with E-state index >= 15 is 0 Å². The molecule has 29 heavy (non-hydrogen) atoms. The molecule has 0 aliphatic carbocycles. The smallest absolute Gasteiger partial charge is 0.287 e. The first-order valence-electron chi connectivity index (χ1n) is 11.2. The lowest BCUT2D eigenvalue weighted by Crippen LogP contribution is -2.62. The van der Waals surface area contributed by atoms with Crippen molar-refractivity contribution in [1.29, 1.82) is 0 Å². The van der Waals surface area contributed by atoms with E-state index in [1.807, 2.05) is 12.1 Å². The number of carbonyl (C=O) groups excluding carboxylic acids is 1. The molecule has 0 radical (unpaired) electrons. The van der Waals surface area contributed by atoms with Crippen LogP contribution < -0.4 is 10.2 Å². The molecular formula is C24H31N3O2. The highest BCUT2D eigenvalue weighted by atomic mass is 16.3. The van der Waals surface area contributed by atoms with Gasteiger partial charge in [-0.1, -0.05) is 12.1 Å². The number of furan rings is 1. The van der Waals surface area contributed by atoms with Crippen molar-refractivity contribution in [2.75, 3.05) is 31.1 Å². The van der Waals surface area contributed by atoms with Crippen molar-refractivity contribution >= 4 is 11.6 Å². The van der Waals surface area contributed by atoms with Gasteiger partial charge >= 0.3 is 0 Å². The molecule has 1 aromatic carbocycles. The summed E-state index contributed by atoms with van der Waals surface area (Å²) in [5, 5.41) is 3.26. The third kappa shape index (κ3) is 3.68. The Kier molecular flexibility index (Phi) is 5.08. The molecule has 154 valence electrons. The van der Waals surface area contributed by atoms with E-state index in [0.717, 1.165) is 37.5 Å². The fourth-order valence-electron chi connectivity index (χ4n) is 5.39. The molecule has 1 aromatic heterocycles. The first-order valence-corrected chi connectivity index (χ1v) is 11.2. The SMILES string of the molecule is C[C@H]1[C@H](NC(=O)c2ccc(-c3cccc(N4CCCCC4)c3)o2)C2CCN1CC2. The second-order valence-electron chi connectivity index (χ2n) is 8.88. The maximum absolute atomic E-state index is 12.9. The predicted octanol–water partition coefficient (Wildman–Crippen LogP) is 4.15. The quantitative estimate of drug-likeness (QED) is 0.848. The van der Waals surface area contributed by atoms with Crippen molar-refractivity contribution in [3.05, 3.63) is 42.2 Å². The maximum atomic E-state index is 12.9. The van der Waals surface area contributed by atoms with Gasteiger partial charge in [0, 0.05) is 36.4 Å². The van der Waals surface area contributed by atoms with E-state index in [9.17, 15) is 4.79 Å². The zero-order valence-electron chi connectivity index (χ0n) is 17.3. The van der Waals surface area contributed by atoms with Gasteiger partial charge in [-0.05, 0) is 82.3 Å². The van der Waals surface area contributed by atoms with E-state index in [-0.39, 0.29) is 11.9 Å². The summed E-state index contributed by atoms with van der Waals surface area (Å²) >= 11 is 0. The first kappa shape index (κ1) is 18.7. The summed E-state index contributed by atoms with van der Waals surface area (Å²) in [5.41, 5.74) is 2.27. The van der Waals surface area contributed by atoms with E-state index in [4.69, 9.17) is 4.42 Å². The van der Waals surface area contributed by atoms with Crippen LogP contribution in [0.3, 0.4) is 0 Å². The van der Waals surface area contributed by atoms with Crippen LogP contribution in [0.15, 0.2) is 40.8 Å². The molecule has 0 unspecified atom stereocenters. The Morgan fingerprint density at radius 3 is 2.59 bits per heavy atom. The Morgan fingerprint density at radius 1 is 1.03 bits per heavy atom. The molecular weight excluding hydrogens is 362 g/mol. The van der Waals surface area contributed by atoms with Crippen molar-refractivity contribution in [3.8, 4) is 11.3 Å². The van der Waals surface area contributed by atoms with Crippen LogP contribution in [0, 0.1) is 5.92 Å². The number of nitrogens with one attached hydrogen (secondary N) is 1. The highest BCUT2D eigenvalue weighted by molar-refractivity contribution is 5.92. The van der Waals surface area contributed by atoms with Crippen LogP contribution >= 0.6 is 0 Å². The molecule has 5 heteroatoms. The van der Waals surface area contributed by atoms with Crippen LogP contribution in [0.25, 0.3) is 11.3 Å². The van der Waals surface area contributed by atoms with Gasteiger partial charge in [-0.25, -0.2) is 0 Å². The van der Waals surface area contributed by atoms with Crippen molar-refractivity contribution in [2.24, 2.45) is 5.92 Å². The van der Waals surface area contributed by atoms with Crippen molar-refractivity contribution in [1.82, 2.24) is 10.2 Å². The number of anilines is 1. The highest BCUT2D eigenvalue weighted by Gasteiger charge is 2.40. The number of benzene rings is 1. The molecule has 5 nitrogen and oxygen atoms in total. The van der Waals surface area contributed by atoms with Crippen LogP contribution in [0.4, 0.5) is 5.69 Å². The lowest BCUT2D eigenvalue weighted by Gasteiger charge is -2.49. The molecule has 4 saturated heterocycles. The summed E-state index contributed by atoms with van der Waals surface area (Å²) in [6.07, 6.45) is 6.20. The van der Waals surface area contributed by atoms with Crippen LogP contribution in [0.1, 0.15) is 49.6 Å². The van der Waals surface area contributed by atoms with Crippen LogP contribution in [-0.2, 0) is 0 Å². The molecule has 0 saturated carbocycles. The first-order chi connectivity index (χ1) is 14.2. The normalized spacial score (nSPS) is 29.1. The Hall–Kier alpha value is -2.27. The third-order valence-electron chi connectivity index (χ3n) is 7.16. The molecule has 1 amide bonds. The number of piperidine rings is 4. The predicted molar refractivity (Wildman–Crippen MR) is 115 cm³/mol. The van der Waals surface area contributed by atoms with Crippen LogP contribution in [0.5, 0.6) is 0 Å². The highest BCUT2D eigenvalue weighted by Crippen LogP contribution is 2.33. The number of nitrogens with zero attached hydrogens (tertiary/aromatic N) is 2. The number of rotatable bonds is 4. The second-order valence-corrected chi connectivity index (χ2v) is 8.88. The molecule has 1 N–H and O–H groups in total. The van der Waals surface area contributed by atoms with Gasteiger partial charge < -0.3 is 14.6 Å². The van der Waals surface area contributed by atoms with Gasteiger partial charge in [-0.3, -0.25) is 9.69 Å². The van der Waals surface area contributed by atoms with E-state index in [1.165, 1.54) is 37.8 Å². The average molecular weight is 394 g/mol. The Labute approximate surface area is 173 Å². The van der Waals surface area contributed by atoms with Gasteiger partial charge in [0.15, 0.2) is 5.76 Å². The van der Waals surface area contributed by atoms with Gasteiger partial charge in [0.25, 0.3) is 5.91 Å². The molecule has 5 heterocycles. The minimum atomic E-state index is -0.0889. The van der Waals surface area contributed by atoms with Gasteiger partial charge in [0.2, 0.25) is 0 Å². The summed E-state index contributed by atoms with van der Waals surface area (Å²) in [4.78, 5) is 17.8. The van der Waals surface area contributed by atoms with E-state index in [2.05, 4.69) is 46.3 Å². The molecule has 0 spiro atoms. The fraction of sp³-hybridized carbons (Fsp3) is 0.542. The number of carbonyl (C=O) groups is 1. The maximum Gasteiger partial charge on any atom is 0.287 e. The minimum Gasteiger partial charge on any atom is -0.451 e. The number of hydrogen-bond donors (Lipinski definition) is 1.